The minimum atomic E-state index is 0.285. The molecule has 1 saturated heterocycles. The van der Waals surface area contributed by atoms with E-state index in [1.54, 1.807) is 16.9 Å². The number of halogens is 1. The van der Waals surface area contributed by atoms with Gasteiger partial charge >= 0.3 is 0 Å². The Kier molecular flexibility index (Phi) is 4.10. The van der Waals surface area contributed by atoms with Gasteiger partial charge in [-0.25, -0.2) is 14.5 Å². The average molecular weight is 397 g/mol. The second kappa shape index (κ2) is 6.77. The van der Waals surface area contributed by atoms with Crippen LogP contribution in [0.1, 0.15) is 0 Å². The van der Waals surface area contributed by atoms with Crippen LogP contribution in [0.5, 0.6) is 0 Å². The number of benzene rings is 1. The Morgan fingerprint density at radius 2 is 2.07 bits per heavy atom. The molecule has 28 heavy (non-hydrogen) atoms. The number of H-pyrrole nitrogens is 1. The molecule has 9 nitrogen and oxygen atoms in total. The first-order valence-electron chi connectivity index (χ1n) is 8.83. The molecule has 1 aliphatic rings. The number of nitrogens with zero attached hydrogens (tertiary/aromatic N) is 6. The minimum Gasteiger partial charge on any atom is -0.381 e. The van der Waals surface area contributed by atoms with Crippen molar-refractivity contribution in [2.24, 2.45) is 0 Å². The summed E-state index contributed by atoms with van der Waals surface area (Å²) in [5.74, 6) is 0.285. The van der Waals surface area contributed by atoms with Crippen molar-refractivity contribution in [3.05, 3.63) is 41.9 Å². The van der Waals surface area contributed by atoms with Gasteiger partial charge in [-0.15, -0.1) is 0 Å². The van der Waals surface area contributed by atoms with Crippen molar-refractivity contribution in [1.29, 1.82) is 0 Å². The fourth-order valence-corrected chi connectivity index (χ4v) is 3.71. The number of morpholine rings is 1. The van der Waals surface area contributed by atoms with Gasteiger partial charge in [-0.2, -0.15) is 10.2 Å². The van der Waals surface area contributed by atoms with Gasteiger partial charge in [0.25, 0.3) is 0 Å². The second-order valence-electron chi connectivity index (χ2n) is 6.44. The first-order chi connectivity index (χ1) is 13.7. The number of ether oxygens (including phenoxy) is 1. The Balaban J connectivity index is 1.68. The van der Waals surface area contributed by atoms with Gasteiger partial charge in [-0.1, -0.05) is 11.6 Å². The van der Waals surface area contributed by atoms with Crippen LogP contribution in [0.15, 0.2) is 36.9 Å². The minimum absolute atomic E-state index is 0.285. The predicted molar refractivity (Wildman–Crippen MR) is 106 cm³/mol. The molecule has 1 fully saturated rings. The number of hydrogen-bond acceptors (Lipinski definition) is 7. The lowest BCUT2D eigenvalue weighted by molar-refractivity contribution is 0.122. The van der Waals surface area contributed by atoms with E-state index in [1.807, 2.05) is 18.2 Å². The quantitative estimate of drug-likeness (QED) is 0.546. The number of aromatic amines is 1. The topological polar surface area (TPSA) is 110 Å². The number of aromatic nitrogens is 6. The smallest absolute Gasteiger partial charge is 0.198 e. The molecule has 0 unspecified atom stereocenters. The van der Waals surface area contributed by atoms with Crippen LogP contribution in [0.3, 0.4) is 0 Å². The van der Waals surface area contributed by atoms with Crippen LogP contribution >= 0.6 is 11.6 Å². The van der Waals surface area contributed by atoms with Gasteiger partial charge in [-0.05, 0) is 18.2 Å². The van der Waals surface area contributed by atoms with Crippen molar-refractivity contribution < 1.29 is 4.74 Å². The van der Waals surface area contributed by atoms with Gasteiger partial charge in [0.2, 0.25) is 0 Å². The zero-order valence-electron chi connectivity index (χ0n) is 14.8. The normalized spacial score (nSPS) is 14.7. The maximum Gasteiger partial charge on any atom is 0.198 e. The van der Waals surface area contributed by atoms with Crippen molar-refractivity contribution in [3.63, 3.8) is 0 Å². The Hall–Kier alpha value is -3.17. The molecule has 0 saturated carbocycles. The lowest BCUT2D eigenvalue weighted by Gasteiger charge is -2.29. The maximum atomic E-state index is 6.69. The van der Waals surface area contributed by atoms with Crippen LogP contribution < -0.4 is 10.6 Å². The number of nitrogen functional groups attached to an aromatic ring is 1. The molecule has 0 radical (unpaired) electrons. The van der Waals surface area contributed by atoms with Gasteiger partial charge < -0.3 is 15.4 Å². The summed E-state index contributed by atoms with van der Waals surface area (Å²) < 4.78 is 7.09. The molecule has 0 spiro atoms. The highest BCUT2D eigenvalue weighted by molar-refractivity contribution is 6.33. The summed E-state index contributed by atoms with van der Waals surface area (Å²) in [6.07, 6.45) is 4.92. The van der Waals surface area contributed by atoms with E-state index in [9.17, 15) is 0 Å². The Bertz CT molecular complexity index is 1130. The highest BCUT2D eigenvalue weighted by Gasteiger charge is 2.21. The van der Waals surface area contributed by atoms with Crippen LogP contribution in [-0.2, 0) is 4.74 Å². The summed E-state index contributed by atoms with van der Waals surface area (Å²) in [5, 5.41) is 11.8. The van der Waals surface area contributed by atoms with Gasteiger partial charge in [0.15, 0.2) is 11.5 Å². The van der Waals surface area contributed by atoms with Gasteiger partial charge in [-0.3, -0.25) is 5.10 Å². The second-order valence-corrected chi connectivity index (χ2v) is 6.85. The maximum absolute atomic E-state index is 6.69. The number of fused-ring (bicyclic) bond motifs is 1. The molecule has 4 aromatic rings. The van der Waals surface area contributed by atoms with E-state index in [4.69, 9.17) is 22.1 Å². The number of anilines is 2. The third-order valence-electron chi connectivity index (χ3n) is 4.80. The van der Waals surface area contributed by atoms with Crippen LogP contribution in [0.4, 0.5) is 11.5 Å². The lowest BCUT2D eigenvalue weighted by atomic mass is 10.1. The van der Waals surface area contributed by atoms with Gasteiger partial charge in [0.05, 0.1) is 24.4 Å². The zero-order valence-corrected chi connectivity index (χ0v) is 15.6. The number of nitrogens with one attached hydrogen (secondary N) is 1. The zero-order chi connectivity index (χ0) is 19.1. The van der Waals surface area contributed by atoms with Crippen LogP contribution in [0.2, 0.25) is 5.02 Å². The average Bonchev–Trinajstić information content (AvgIpc) is 3.41. The van der Waals surface area contributed by atoms with E-state index in [2.05, 4.69) is 30.2 Å². The standard InChI is InChI=1S/C18H17ClN8O/c19-14-7-12(26-3-5-28-6-4-26)1-2-13(14)15-16(11-8-22-23-9-11)27-18(17(20)25-15)21-10-24-27/h1-2,7-10H,3-6H2,(H2,20,25)(H,22,23). The molecule has 0 atom stereocenters. The van der Waals surface area contributed by atoms with Crippen molar-refractivity contribution in [3.8, 4) is 22.5 Å². The molecule has 0 aliphatic carbocycles. The van der Waals surface area contributed by atoms with Crippen molar-refractivity contribution >= 4 is 28.8 Å². The number of nitrogens with two attached hydrogens (primary N) is 1. The fourth-order valence-electron chi connectivity index (χ4n) is 3.45. The summed E-state index contributed by atoms with van der Waals surface area (Å²) in [6, 6.07) is 5.95. The highest BCUT2D eigenvalue weighted by atomic mass is 35.5. The molecule has 3 N–H and O–H groups in total. The summed E-state index contributed by atoms with van der Waals surface area (Å²) in [7, 11) is 0. The monoisotopic (exact) mass is 396 g/mol. The predicted octanol–water partition coefficient (Wildman–Crippen LogP) is 2.25. The third-order valence-corrected chi connectivity index (χ3v) is 5.11. The van der Waals surface area contributed by atoms with E-state index >= 15 is 0 Å². The van der Waals surface area contributed by atoms with Crippen LogP contribution in [-0.4, -0.2) is 56.1 Å². The van der Waals surface area contributed by atoms with Gasteiger partial charge in [0.1, 0.15) is 17.7 Å². The molecule has 3 aromatic heterocycles. The summed E-state index contributed by atoms with van der Waals surface area (Å²) in [4.78, 5) is 11.0. The Morgan fingerprint density at radius 1 is 1.21 bits per heavy atom. The van der Waals surface area contributed by atoms with Crippen LogP contribution in [0, 0.1) is 0 Å². The van der Waals surface area contributed by atoms with Crippen molar-refractivity contribution in [2.45, 2.75) is 0 Å². The largest absolute Gasteiger partial charge is 0.381 e. The molecule has 0 bridgehead atoms. The molecule has 5 rings (SSSR count). The summed E-state index contributed by atoms with van der Waals surface area (Å²) >= 11 is 6.69. The first kappa shape index (κ1) is 17.0. The van der Waals surface area contributed by atoms with E-state index < -0.39 is 0 Å². The third kappa shape index (κ3) is 2.76. The Morgan fingerprint density at radius 3 is 2.82 bits per heavy atom. The van der Waals surface area contributed by atoms with Crippen LogP contribution in [0.25, 0.3) is 28.2 Å². The highest BCUT2D eigenvalue weighted by Crippen LogP contribution is 2.37. The van der Waals surface area contributed by atoms with Gasteiger partial charge in [0, 0.05) is 36.1 Å². The summed E-state index contributed by atoms with van der Waals surface area (Å²) in [5.41, 5.74) is 10.6. The first-order valence-corrected chi connectivity index (χ1v) is 9.21. The number of hydrogen-bond donors (Lipinski definition) is 2. The molecule has 0 amide bonds. The fraction of sp³-hybridized carbons (Fsp3) is 0.222. The van der Waals surface area contributed by atoms with E-state index in [-0.39, 0.29) is 5.82 Å². The summed E-state index contributed by atoms with van der Waals surface area (Å²) in [6.45, 7) is 3.11. The molecule has 1 aromatic carbocycles. The Labute approximate surface area is 165 Å². The van der Waals surface area contributed by atoms with Crippen molar-refractivity contribution in [1.82, 2.24) is 29.8 Å². The van der Waals surface area contributed by atoms with E-state index in [0.717, 1.165) is 35.6 Å². The van der Waals surface area contributed by atoms with Crippen molar-refractivity contribution in [2.75, 3.05) is 36.9 Å². The lowest BCUT2D eigenvalue weighted by Crippen LogP contribution is -2.36. The molecule has 10 heteroatoms. The van der Waals surface area contributed by atoms with E-state index in [1.165, 1.54) is 6.33 Å². The number of rotatable bonds is 3. The van der Waals surface area contributed by atoms with E-state index in [0.29, 0.717) is 29.6 Å². The molecular weight excluding hydrogens is 380 g/mol. The molecular formula is C18H17ClN8O. The molecule has 4 heterocycles. The molecule has 1 aliphatic heterocycles. The molecule has 142 valence electrons. The SMILES string of the molecule is Nc1nc(-c2ccc(N3CCOCC3)cc2Cl)c(-c2cn[nH]c2)n2ncnc12.